The Morgan fingerprint density at radius 1 is 1.50 bits per heavy atom. The second-order valence-electron chi connectivity index (χ2n) is 3.85. The minimum absolute atomic E-state index is 0.0436. The molecule has 0 aliphatic rings. The summed E-state index contributed by atoms with van der Waals surface area (Å²) >= 11 is 0. The number of aryl methyl sites for hydroxylation is 1. The highest BCUT2D eigenvalue weighted by Crippen LogP contribution is 2.20. The largest absolute Gasteiger partial charge is 0.331 e. The monoisotopic (exact) mass is 264 g/mol. The first kappa shape index (κ1) is 13.5. The van der Waals surface area contributed by atoms with Gasteiger partial charge in [-0.3, -0.25) is 0 Å². The smallest absolute Gasteiger partial charge is 0.280 e. The first-order valence-electron chi connectivity index (χ1n) is 5.42. The maximum Gasteiger partial charge on any atom is 0.280 e. The fourth-order valence-electron chi connectivity index (χ4n) is 1.51. The number of imidazole rings is 1. The fraction of sp³-hybridized carbons (Fsp3) is 0.700. The van der Waals surface area contributed by atoms with Crippen LogP contribution < -0.4 is 0 Å². The molecule has 0 saturated heterocycles. The predicted molar refractivity (Wildman–Crippen MR) is 64.3 cm³/mol. The summed E-state index contributed by atoms with van der Waals surface area (Å²) in [6.45, 7) is 6.12. The van der Waals surface area contributed by atoms with Gasteiger partial charge in [-0.15, -0.1) is 0 Å². The number of hydrogen-bond acceptors (Lipinski definition) is 3. The third-order valence-corrected chi connectivity index (χ3v) is 3.75. The number of rotatable bonds is 5. The van der Waals surface area contributed by atoms with E-state index < -0.39 is 9.05 Å². The van der Waals surface area contributed by atoms with Gasteiger partial charge in [0, 0.05) is 29.3 Å². The van der Waals surface area contributed by atoms with Crippen molar-refractivity contribution in [2.24, 2.45) is 0 Å². The van der Waals surface area contributed by atoms with Gasteiger partial charge in [0.25, 0.3) is 9.05 Å². The fourth-order valence-corrected chi connectivity index (χ4v) is 2.19. The van der Waals surface area contributed by atoms with Crippen LogP contribution in [-0.2, 0) is 15.5 Å². The van der Waals surface area contributed by atoms with Gasteiger partial charge in [0.15, 0.2) is 5.03 Å². The third-order valence-electron chi connectivity index (χ3n) is 2.58. The molecular formula is C10H17ClN2O2S. The van der Waals surface area contributed by atoms with E-state index in [2.05, 4.69) is 11.9 Å². The number of nitrogens with zero attached hydrogens (tertiary/aromatic N) is 2. The second-order valence-corrected chi connectivity index (χ2v) is 6.36. The molecular weight excluding hydrogens is 248 g/mol. The molecule has 1 unspecified atom stereocenters. The zero-order valence-electron chi connectivity index (χ0n) is 9.77. The van der Waals surface area contributed by atoms with E-state index >= 15 is 0 Å². The van der Waals surface area contributed by atoms with Crippen LogP contribution in [-0.4, -0.2) is 18.0 Å². The van der Waals surface area contributed by atoms with Gasteiger partial charge in [0.1, 0.15) is 5.82 Å². The molecule has 0 aromatic carbocycles. The summed E-state index contributed by atoms with van der Waals surface area (Å²) in [7, 11) is 1.56. The van der Waals surface area contributed by atoms with Crippen molar-refractivity contribution < 1.29 is 8.42 Å². The molecule has 1 heterocycles. The molecule has 0 aliphatic heterocycles. The molecule has 1 rings (SSSR count). The molecule has 0 aliphatic carbocycles. The van der Waals surface area contributed by atoms with Crippen LogP contribution in [0.25, 0.3) is 0 Å². The van der Waals surface area contributed by atoms with Crippen LogP contribution in [0.4, 0.5) is 0 Å². The maximum atomic E-state index is 11.2. The van der Waals surface area contributed by atoms with Gasteiger partial charge in [-0.1, -0.05) is 13.8 Å². The van der Waals surface area contributed by atoms with Gasteiger partial charge in [0.05, 0.1) is 0 Å². The van der Waals surface area contributed by atoms with Crippen LogP contribution in [0.2, 0.25) is 0 Å². The van der Waals surface area contributed by atoms with Crippen molar-refractivity contribution in [2.45, 2.75) is 51.1 Å². The van der Waals surface area contributed by atoms with Crippen molar-refractivity contribution in [3.8, 4) is 0 Å². The first-order valence-corrected chi connectivity index (χ1v) is 7.73. The lowest BCUT2D eigenvalue weighted by molar-refractivity contribution is 0.506. The van der Waals surface area contributed by atoms with E-state index in [4.69, 9.17) is 10.7 Å². The first-order chi connectivity index (χ1) is 7.40. The number of halogens is 1. The van der Waals surface area contributed by atoms with Crippen LogP contribution in [0, 0.1) is 0 Å². The lowest BCUT2D eigenvalue weighted by Crippen LogP contribution is -2.07. The molecule has 0 amide bonds. The molecule has 0 spiro atoms. The average Bonchev–Trinajstić information content (AvgIpc) is 2.61. The van der Waals surface area contributed by atoms with Gasteiger partial charge in [-0.05, 0) is 19.8 Å². The normalized spacial score (nSPS) is 14.0. The summed E-state index contributed by atoms with van der Waals surface area (Å²) in [5.41, 5.74) is 0. The topological polar surface area (TPSA) is 52.0 Å². The minimum atomic E-state index is -3.72. The Morgan fingerprint density at radius 2 is 2.12 bits per heavy atom. The highest BCUT2D eigenvalue weighted by Gasteiger charge is 2.19. The summed E-state index contributed by atoms with van der Waals surface area (Å²) in [6.07, 6.45) is 4.14. The van der Waals surface area contributed by atoms with Gasteiger partial charge in [0.2, 0.25) is 0 Å². The van der Waals surface area contributed by atoms with Crippen LogP contribution in [0.5, 0.6) is 0 Å². The number of aromatic nitrogens is 2. The molecule has 6 heteroatoms. The van der Waals surface area contributed by atoms with Crippen molar-refractivity contribution in [3.05, 3.63) is 12.0 Å². The quantitative estimate of drug-likeness (QED) is 0.769. The van der Waals surface area contributed by atoms with E-state index in [9.17, 15) is 8.42 Å². The van der Waals surface area contributed by atoms with E-state index in [1.165, 1.54) is 6.20 Å². The average molecular weight is 265 g/mol. The Labute approximate surface area is 101 Å². The second kappa shape index (κ2) is 5.19. The molecule has 1 aromatic rings. The van der Waals surface area contributed by atoms with Crippen molar-refractivity contribution in [2.75, 3.05) is 0 Å². The SMILES string of the molecule is CCCc1nc(S(=O)(=O)Cl)cn1C(C)CC. The molecule has 0 saturated carbocycles. The van der Waals surface area contributed by atoms with E-state index in [-0.39, 0.29) is 11.1 Å². The molecule has 0 fully saturated rings. The van der Waals surface area contributed by atoms with Crippen molar-refractivity contribution in [1.29, 1.82) is 0 Å². The van der Waals surface area contributed by atoms with Gasteiger partial charge in [-0.25, -0.2) is 13.4 Å². The van der Waals surface area contributed by atoms with E-state index in [0.29, 0.717) is 0 Å². The highest BCUT2D eigenvalue weighted by atomic mass is 35.7. The molecule has 0 bridgehead atoms. The molecule has 0 radical (unpaired) electrons. The van der Waals surface area contributed by atoms with Gasteiger partial charge < -0.3 is 4.57 Å². The van der Waals surface area contributed by atoms with Crippen molar-refractivity contribution in [3.63, 3.8) is 0 Å². The van der Waals surface area contributed by atoms with Gasteiger partial charge in [-0.2, -0.15) is 0 Å². The third kappa shape index (κ3) is 2.98. The lowest BCUT2D eigenvalue weighted by Gasteiger charge is -2.13. The standard InChI is InChI=1S/C10H17ClN2O2S/c1-4-6-9-12-10(16(11,14)15)7-13(9)8(3)5-2/h7-8H,4-6H2,1-3H3. The summed E-state index contributed by atoms with van der Waals surface area (Å²) < 4.78 is 24.3. The summed E-state index contributed by atoms with van der Waals surface area (Å²) in [5.74, 6) is 0.788. The van der Waals surface area contributed by atoms with Crippen LogP contribution in [0.1, 0.15) is 45.5 Å². The number of hydrogen-bond donors (Lipinski definition) is 0. The summed E-state index contributed by atoms with van der Waals surface area (Å²) in [5, 5.41) is -0.0436. The van der Waals surface area contributed by atoms with Crippen LogP contribution >= 0.6 is 10.7 Å². The Hall–Kier alpha value is -0.550. The Kier molecular flexibility index (Phi) is 4.38. The van der Waals surface area contributed by atoms with E-state index in [0.717, 1.165) is 25.1 Å². The molecule has 16 heavy (non-hydrogen) atoms. The van der Waals surface area contributed by atoms with E-state index in [1.807, 2.05) is 18.4 Å². The molecule has 1 atom stereocenters. The zero-order valence-corrected chi connectivity index (χ0v) is 11.3. The predicted octanol–water partition coefficient (Wildman–Crippen LogP) is 2.73. The zero-order chi connectivity index (χ0) is 12.3. The Balaban J connectivity index is 3.20. The summed E-state index contributed by atoms with van der Waals surface area (Å²) in [6, 6.07) is 0.237. The highest BCUT2D eigenvalue weighted by molar-refractivity contribution is 8.13. The maximum absolute atomic E-state index is 11.2. The van der Waals surface area contributed by atoms with Crippen molar-refractivity contribution >= 4 is 19.7 Å². The lowest BCUT2D eigenvalue weighted by atomic mass is 10.2. The molecule has 1 aromatic heterocycles. The van der Waals surface area contributed by atoms with Crippen molar-refractivity contribution in [1.82, 2.24) is 9.55 Å². The Bertz CT molecular complexity index is 453. The van der Waals surface area contributed by atoms with Gasteiger partial charge >= 0.3 is 0 Å². The van der Waals surface area contributed by atoms with Crippen LogP contribution in [0.3, 0.4) is 0 Å². The van der Waals surface area contributed by atoms with Crippen LogP contribution in [0.15, 0.2) is 11.2 Å². The van der Waals surface area contributed by atoms with E-state index in [1.54, 1.807) is 0 Å². The molecule has 0 N–H and O–H groups in total. The molecule has 4 nitrogen and oxygen atoms in total. The minimum Gasteiger partial charge on any atom is -0.331 e. The molecule has 92 valence electrons. The Morgan fingerprint density at radius 3 is 2.56 bits per heavy atom. The summed E-state index contributed by atoms with van der Waals surface area (Å²) in [4.78, 5) is 4.08.